The molecule has 2 aliphatic heterocycles. The molecule has 170 valence electrons. The molecule has 4 unspecified atom stereocenters. The second kappa shape index (κ2) is 9.29. The highest BCUT2D eigenvalue weighted by Gasteiger charge is 2.44. The smallest absolute Gasteiger partial charge is 0.230 e. The molecule has 1 aromatic carbocycles. The van der Waals surface area contributed by atoms with Crippen LogP contribution >= 0.6 is 11.6 Å². The van der Waals surface area contributed by atoms with E-state index in [0.29, 0.717) is 16.7 Å². The van der Waals surface area contributed by atoms with E-state index in [4.69, 9.17) is 15.8 Å². The van der Waals surface area contributed by atoms with E-state index in [2.05, 4.69) is 23.2 Å². The minimum atomic E-state index is -1.50. The van der Waals surface area contributed by atoms with Crippen LogP contribution in [0.4, 0.5) is 0 Å². The summed E-state index contributed by atoms with van der Waals surface area (Å²) in [5.41, 5.74) is 1.60. The zero-order valence-electron chi connectivity index (χ0n) is 18.5. The number of nitrogens with one attached hydrogen (secondary N) is 1. The van der Waals surface area contributed by atoms with Crippen LogP contribution in [0.2, 0.25) is 5.02 Å². The van der Waals surface area contributed by atoms with Crippen molar-refractivity contribution in [2.24, 2.45) is 11.8 Å². The number of halogens is 1. The predicted octanol–water partition coefficient (Wildman–Crippen LogP) is 5.08. The van der Waals surface area contributed by atoms with Gasteiger partial charge >= 0.3 is 0 Å². The molecule has 0 saturated carbocycles. The van der Waals surface area contributed by atoms with Gasteiger partial charge in [-0.1, -0.05) is 23.8 Å². The maximum absolute atomic E-state index is 13.8. The number of piperidine rings is 2. The van der Waals surface area contributed by atoms with E-state index >= 15 is 0 Å². The molecule has 0 spiro atoms. The SMILES string of the molecule is CC=CC1CC2CC(C#N)CC(C1)N2C(=O)C(C)c1c[nH]c2ccc(OS(C)=O)c(Cl)c12. The van der Waals surface area contributed by atoms with Crippen molar-refractivity contribution in [2.75, 3.05) is 6.26 Å². The van der Waals surface area contributed by atoms with E-state index < -0.39 is 17.0 Å². The molecule has 1 aromatic heterocycles. The molecule has 1 N–H and O–H groups in total. The van der Waals surface area contributed by atoms with E-state index in [1.807, 2.05) is 31.0 Å². The maximum Gasteiger partial charge on any atom is 0.230 e. The van der Waals surface area contributed by atoms with Gasteiger partial charge in [-0.25, -0.2) is 4.21 Å². The highest BCUT2D eigenvalue weighted by atomic mass is 35.5. The Balaban J connectivity index is 1.66. The number of nitriles is 1. The van der Waals surface area contributed by atoms with Crippen molar-refractivity contribution in [3.05, 3.63) is 41.1 Å². The number of benzene rings is 1. The fraction of sp³-hybridized carbons (Fsp3) is 0.500. The normalized spacial score (nSPS) is 27.3. The van der Waals surface area contributed by atoms with Gasteiger partial charge in [-0.05, 0) is 63.1 Å². The first kappa shape index (κ1) is 22.9. The molecular formula is C24H28ClN3O3S. The Kier molecular flexibility index (Phi) is 6.64. The number of nitrogens with zero attached hydrogens (tertiary/aromatic N) is 2. The van der Waals surface area contributed by atoms with Crippen LogP contribution in [0.1, 0.15) is 51.0 Å². The second-order valence-electron chi connectivity index (χ2n) is 8.86. The van der Waals surface area contributed by atoms with Crippen LogP contribution in [0.15, 0.2) is 30.5 Å². The average Bonchev–Trinajstić information content (AvgIpc) is 3.18. The van der Waals surface area contributed by atoms with Crippen molar-refractivity contribution in [3.63, 3.8) is 0 Å². The van der Waals surface area contributed by atoms with Crippen molar-refractivity contribution < 1.29 is 13.2 Å². The van der Waals surface area contributed by atoms with Crippen LogP contribution in [0.3, 0.4) is 0 Å². The van der Waals surface area contributed by atoms with Crippen molar-refractivity contribution in [1.82, 2.24) is 9.88 Å². The number of rotatable bonds is 5. The lowest BCUT2D eigenvalue weighted by Gasteiger charge is -2.50. The van der Waals surface area contributed by atoms with Gasteiger partial charge in [-0.15, -0.1) is 0 Å². The molecule has 2 saturated heterocycles. The van der Waals surface area contributed by atoms with Gasteiger partial charge < -0.3 is 14.1 Å². The zero-order chi connectivity index (χ0) is 23.0. The number of aromatic nitrogens is 1. The number of carbonyl (C=O) groups is 1. The van der Waals surface area contributed by atoms with Crippen LogP contribution in [0.25, 0.3) is 10.9 Å². The molecule has 0 aliphatic carbocycles. The third-order valence-corrected chi connectivity index (χ3v) is 7.56. The minimum absolute atomic E-state index is 0.00747. The fourth-order valence-electron chi connectivity index (χ4n) is 5.46. The summed E-state index contributed by atoms with van der Waals surface area (Å²) in [5.74, 6) is 0.448. The topological polar surface area (TPSA) is 86.2 Å². The largest absolute Gasteiger partial charge is 0.399 e. The molecule has 2 aromatic rings. The molecule has 2 fully saturated rings. The van der Waals surface area contributed by atoms with Crippen molar-refractivity contribution in [2.45, 2.75) is 57.5 Å². The standard InChI is InChI=1S/C24H28ClN3O3S/c1-4-5-15-8-17-10-16(12-26)11-18(9-15)28(17)24(29)14(2)19-13-27-20-6-7-21(31-32(3)30)23(25)22(19)20/h4-7,13-18,27H,8-11H2,1-3H3. The Bertz CT molecular complexity index is 1110. The van der Waals surface area contributed by atoms with Gasteiger partial charge in [-0.3, -0.25) is 4.79 Å². The van der Waals surface area contributed by atoms with Crippen LogP contribution in [-0.2, 0) is 15.9 Å². The molecule has 32 heavy (non-hydrogen) atoms. The van der Waals surface area contributed by atoms with Gasteiger partial charge in [0, 0.05) is 35.4 Å². The summed E-state index contributed by atoms with van der Waals surface area (Å²) in [6, 6.07) is 6.08. The number of hydrogen-bond donors (Lipinski definition) is 1. The van der Waals surface area contributed by atoms with E-state index in [-0.39, 0.29) is 23.9 Å². The lowest BCUT2D eigenvalue weighted by molar-refractivity contribution is -0.143. The first-order chi connectivity index (χ1) is 15.3. The van der Waals surface area contributed by atoms with Gasteiger partial charge in [-0.2, -0.15) is 5.26 Å². The Morgan fingerprint density at radius 1 is 1.34 bits per heavy atom. The van der Waals surface area contributed by atoms with Crippen LogP contribution < -0.4 is 4.18 Å². The molecule has 6 nitrogen and oxygen atoms in total. The molecule has 1 amide bonds. The van der Waals surface area contributed by atoms with Gasteiger partial charge in [0.2, 0.25) is 17.0 Å². The summed E-state index contributed by atoms with van der Waals surface area (Å²) in [4.78, 5) is 19.0. The molecule has 4 atom stereocenters. The van der Waals surface area contributed by atoms with Gasteiger partial charge in [0.25, 0.3) is 0 Å². The van der Waals surface area contributed by atoms with E-state index in [1.165, 1.54) is 6.26 Å². The first-order valence-corrected chi connectivity index (χ1v) is 12.9. The van der Waals surface area contributed by atoms with Crippen molar-refractivity contribution in [3.8, 4) is 11.8 Å². The van der Waals surface area contributed by atoms with Crippen LogP contribution in [0.5, 0.6) is 5.75 Å². The minimum Gasteiger partial charge on any atom is -0.399 e. The Labute approximate surface area is 196 Å². The number of allylic oxidation sites excluding steroid dienone is 2. The van der Waals surface area contributed by atoms with E-state index in [0.717, 1.165) is 42.1 Å². The number of fused-ring (bicyclic) bond motifs is 3. The number of carbonyl (C=O) groups excluding carboxylic acids is 1. The van der Waals surface area contributed by atoms with Gasteiger partial charge in [0.05, 0.1) is 22.9 Å². The number of amides is 1. The maximum atomic E-state index is 13.8. The Morgan fingerprint density at radius 3 is 2.62 bits per heavy atom. The Morgan fingerprint density at radius 2 is 2.03 bits per heavy atom. The molecule has 2 bridgehead atoms. The summed E-state index contributed by atoms with van der Waals surface area (Å²) >= 11 is 5.10. The lowest BCUT2D eigenvalue weighted by atomic mass is 9.73. The second-order valence-corrected chi connectivity index (χ2v) is 10.2. The third kappa shape index (κ3) is 4.18. The van der Waals surface area contributed by atoms with Gasteiger partial charge in [0.1, 0.15) is 0 Å². The molecule has 0 radical (unpaired) electrons. The van der Waals surface area contributed by atoms with Crippen LogP contribution in [-0.4, -0.2) is 38.3 Å². The summed E-state index contributed by atoms with van der Waals surface area (Å²) in [5, 5.41) is 10.6. The zero-order valence-corrected chi connectivity index (χ0v) is 20.1. The molecule has 2 aliphatic rings. The highest BCUT2D eigenvalue weighted by Crippen LogP contribution is 2.43. The monoisotopic (exact) mass is 473 g/mol. The fourth-order valence-corrected chi connectivity index (χ4v) is 6.21. The Hall–Kier alpha value is -2.30. The van der Waals surface area contributed by atoms with Crippen molar-refractivity contribution >= 4 is 39.5 Å². The highest BCUT2D eigenvalue weighted by molar-refractivity contribution is 7.79. The predicted molar refractivity (Wildman–Crippen MR) is 127 cm³/mol. The van der Waals surface area contributed by atoms with Gasteiger partial charge in [0.15, 0.2) is 5.75 Å². The number of aromatic amines is 1. The van der Waals surface area contributed by atoms with Crippen molar-refractivity contribution in [1.29, 1.82) is 5.26 Å². The first-order valence-electron chi connectivity index (χ1n) is 11.0. The summed E-state index contributed by atoms with van der Waals surface area (Å²) in [7, 11) is 0. The summed E-state index contributed by atoms with van der Waals surface area (Å²) in [6.07, 6.45) is 10.8. The molecule has 4 rings (SSSR count). The third-order valence-electron chi connectivity index (χ3n) is 6.77. The molecule has 3 heterocycles. The number of hydrogen-bond acceptors (Lipinski definition) is 4. The number of H-pyrrole nitrogens is 1. The summed E-state index contributed by atoms with van der Waals surface area (Å²) < 4.78 is 16.9. The van der Waals surface area contributed by atoms with E-state index in [9.17, 15) is 14.3 Å². The average molecular weight is 474 g/mol. The summed E-state index contributed by atoms with van der Waals surface area (Å²) in [6.45, 7) is 3.93. The molecule has 8 heteroatoms. The van der Waals surface area contributed by atoms with Crippen LogP contribution in [0, 0.1) is 23.2 Å². The molecular weight excluding hydrogens is 446 g/mol. The lowest BCUT2D eigenvalue weighted by Crippen LogP contribution is -2.57. The van der Waals surface area contributed by atoms with E-state index in [1.54, 1.807) is 6.07 Å². The quantitative estimate of drug-likeness (QED) is 0.613.